The largest absolute Gasteiger partial charge is 0.455 e. The van der Waals surface area contributed by atoms with Crippen molar-refractivity contribution < 1.29 is 4.42 Å². The van der Waals surface area contributed by atoms with Gasteiger partial charge in [-0.3, -0.25) is 9.13 Å². The summed E-state index contributed by atoms with van der Waals surface area (Å²) in [6.07, 6.45) is 7.85. The van der Waals surface area contributed by atoms with Crippen LogP contribution in [0.15, 0.2) is 278 Å². The summed E-state index contributed by atoms with van der Waals surface area (Å²) in [5, 5.41) is 16.5. The average molecular weight is 1200 g/mol. The highest BCUT2D eigenvalue weighted by molar-refractivity contribution is 6.28. The quantitative estimate of drug-likeness (QED) is 0.149. The molecule has 0 amide bonds. The molecule has 13 aromatic carbocycles. The fraction of sp³-hybridized carbons (Fsp3) is 0. The summed E-state index contributed by atoms with van der Waals surface area (Å²) < 4.78 is 13.5. The first-order valence-electron chi connectivity index (χ1n) is 31.4. The molecule has 94 heavy (non-hydrogen) atoms. The Morgan fingerprint density at radius 1 is 0.255 bits per heavy atom. The van der Waals surface area contributed by atoms with Crippen molar-refractivity contribution in [2.45, 2.75) is 0 Å². The fourth-order valence-electron chi connectivity index (χ4n) is 15.1. The highest BCUT2D eigenvalue weighted by Gasteiger charge is 2.26. The normalized spacial score (nSPS) is 12.3. The van der Waals surface area contributed by atoms with Gasteiger partial charge in [0.2, 0.25) is 11.9 Å². The van der Waals surface area contributed by atoms with Gasteiger partial charge in [0.1, 0.15) is 33.2 Å². The van der Waals surface area contributed by atoms with Crippen LogP contribution in [-0.4, -0.2) is 53.6 Å². The van der Waals surface area contributed by atoms with E-state index in [4.69, 9.17) is 44.3 Å². The third-order valence-corrected chi connectivity index (χ3v) is 19.2. The second-order valence-corrected chi connectivity index (χ2v) is 24.2. The molecule has 12 heteroatoms. The van der Waals surface area contributed by atoms with Gasteiger partial charge in [0, 0.05) is 101 Å². The molecule has 0 bridgehead atoms. The zero-order chi connectivity index (χ0) is 61.3. The van der Waals surface area contributed by atoms with Crippen molar-refractivity contribution >= 4 is 153 Å². The summed E-state index contributed by atoms with van der Waals surface area (Å²) in [6, 6.07) is 87.1. The van der Waals surface area contributed by atoms with Gasteiger partial charge < -0.3 is 8.98 Å². The summed E-state index contributed by atoms with van der Waals surface area (Å²) in [6.45, 7) is 0. The first kappa shape index (κ1) is 50.8. The van der Waals surface area contributed by atoms with E-state index >= 15 is 0 Å². The van der Waals surface area contributed by atoms with Crippen molar-refractivity contribution in [2.24, 2.45) is 0 Å². The van der Waals surface area contributed by atoms with E-state index in [-0.39, 0.29) is 0 Å². The van der Waals surface area contributed by atoms with E-state index in [1.165, 1.54) is 0 Å². The lowest BCUT2D eigenvalue weighted by molar-refractivity contribution is 0.673. The predicted octanol–water partition coefficient (Wildman–Crippen LogP) is 20.0. The van der Waals surface area contributed by atoms with E-state index in [1.54, 1.807) is 0 Å². The molecule has 8 heterocycles. The topological polar surface area (TPSA) is 131 Å². The van der Waals surface area contributed by atoms with Crippen molar-refractivity contribution in [3.05, 3.63) is 274 Å². The molecule has 0 atom stereocenters. The van der Waals surface area contributed by atoms with Gasteiger partial charge in [-0.15, -0.1) is 0 Å². The lowest BCUT2D eigenvalue weighted by Crippen LogP contribution is -2.02. The first-order chi connectivity index (χ1) is 46.6. The fourth-order valence-corrected chi connectivity index (χ4v) is 15.1. The number of para-hydroxylation sites is 4. The molecule has 0 aliphatic carbocycles. The highest BCUT2D eigenvalue weighted by Crippen LogP contribution is 2.46. The lowest BCUT2D eigenvalue weighted by atomic mass is 9.96. The number of nitrogens with zero attached hydrogens (tertiary/aromatic N) is 11. The molecule has 0 aliphatic rings. The first-order valence-corrected chi connectivity index (χ1v) is 31.4. The number of fused-ring (bicyclic) bond motifs is 26. The van der Waals surface area contributed by atoms with Crippen LogP contribution in [-0.2, 0) is 0 Å². The Hall–Kier alpha value is -13.1. The Bertz CT molecular complexity index is 6870. The van der Waals surface area contributed by atoms with E-state index < -0.39 is 0 Å². The van der Waals surface area contributed by atoms with E-state index in [1.807, 2.05) is 97.6 Å². The van der Waals surface area contributed by atoms with Crippen molar-refractivity contribution in [1.82, 2.24) is 53.6 Å². The molecule has 0 aliphatic heterocycles. The minimum absolute atomic E-state index is 0.535. The maximum absolute atomic E-state index is 6.66. The van der Waals surface area contributed by atoms with E-state index in [0.29, 0.717) is 23.5 Å². The van der Waals surface area contributed by atoms with Crippen LogP contribution in [0.2, 0.25) is 0 Å². The van der Waals surface area contributed by atoms with Crippen molar-refractivity contribution in [2.75, 3.05) is 0 Å². The average Bonchev–Trinajstić information content (AvgIpc) is 1.43. The lowest BCUT2D eigenvalue weighted by Gasteiger charge is -2.14. The van der Waals surface area contributed by atoms with Crippen LogP contribution in [0.3, 0.4) is 0 Å². The second-order valence-electron chi connectivity index (χ2n) is 24.2. The van der Waals surface area contributed by atoms with Gasteiger partial charge in [-0.05, 0) is 93.3 Å². The number of aromatic nitrogens is 11. The molecule has 434 valence electrons. The molecule has 8 aromatic heterocycles. The van der Waals surface area contributed by atoms with Crippen LogP contribution in [0.1, 0.15) is 0 Å². The SMILES string of the molecule is c1ccc(-c2ncc3c4cc(-c5cccc(-n6c7ccccc7c7ccc8c(c9ccccc9n8-c8ncc9c%10ccccc%10c%10cnc(-c%11ccccc%11)nc%10c9n8)c76)c5)ccc4c4cnc(-n5c6ccccc6c6c7oc8ccccc8c7ccc65)nc4c3n2)cc1. The van der Waals surface area contributed by atoms with Gasteiger partial charge in [0.25, 0.3) is 0 Å². The molecule has 12 nitrogen and oxygen atoms in total. The standard InChI is InChI=1S/C82H45N11O/c1-3-18-46(19-4-1)79-83-42-61-51-24-7-8-25-52(51)62-44-85-81(89-75(62)73(61)87-79)92-66-31-14-10-28-58(66)71-68(92)38-36-56-54-26-9-13-30-65(54)91(77(56)71)50-23-17-22-48(40-50)49-34-35-53-60(41-49)64-43-84-80(47-20-5-2-6-21-47)88-74(64)76-63(53)45-86-82(90-76)93-67-32-15-11-29-59(67)72-69(93)39-37-57-55-27-12-16-33-70(55)94-78(57)72/h1-45H. The number of rotatable bonds is 6. The monoisotopic (exact) mass is 1200 g/mol. The van der Waals surface area contributed by atoms with Gasteiger partial charge in [0.05, 0.1) is 38.5 Å². The Morgan fingerprint density at radius 3 is 1.33 bits per heavy atom. The molecule has 21 rings (SSSR count). The second kappa shape index (κ2) is 19.2. The van der Waals surface area contributed by atoms with Gasteiger partial charge in [0.15, 0.2) is 11.6 Å². The summed E-state index contributed by atoms with van der Waals surface area (Å²) in [4.78, 5) is 42.2. The molecule has 0 spiro atoms. The van der Waals surface area contributed by atoms with Crippen LogP contribution in [0.5, 0.6) is 0 Å². The van der Waals surface area contributed by atoms with Crippen LogP contribution in [0, 0.1) is 0 Å². The zero-order valence-electron chi connectivity index (χ0n) is 49.8. The molecule has 0 radical (unpaired) electrons. The van der Waals surface area contributed by atoms with Crippen LogP contribution >= 0.6 is 0 Å². The Balaban J connectivity index is 0.749. The Labute approximate surface area is 532 Å². The third kappa shape index (κ3) is 7.15. The molecule has 0 saturated heterocycles. The van der Waals surface area contributed by atoms with E-state index in [0.717, 1.165) is 180 Å². The summed E-state index contributed by atoms with van der Waals surface area (Å²) in [7, 11) is 0. The van der Waals surface area contributed by atoms with Crippen molar-refractivity contribution in [3.63, 3.8) is 0 Å². The minimum Gasteiger partial charge on any atom is -0.455 e. The van der Waals surface area contributed by atoms with E-state index in [9.17, 15) is 0 Å². The van der Waals surface area contributed by atoms with Gasteiger partial charge in [-0.1, -0.05) is 188 Å². The van der Waals surface area contributed by atoms with Crippen molar-refractivity contribution in [1.29, 1.82) is 0 Å². The zero-order valence-corrected chi connectivity index (χ0v) is 49.8. The summed E-state index contributed by atoms with van der Waals surface area (Å²) in [5.74, 6) is 2.35. The maximum Gasteiger partial charge on any atom is 0.235 e. The Morgan fingerprint density at radius 2 is 0.702 bits per heavy atom. The van der Waals surface area contributed by atoms with Crippen LogP contribution in [0.25, 0.3) is 204 Å². The smallest absolute Gasteiger partial charge is 0.235 e. The molecule has 21 aromatic rings. The van der Waals surface area contributed by atoms with Crippen LogP contribution in [0.4, 0.5) is 0 Å². The van der Waals surface area contributed by atoms with E-state index in [2.05, 4.69) is 190 Å². The Kier molecular flexibility index (Phi) is 10.4. The number of hydrogen-bond donors (Lipinski definition) is 0. The highest BCUT2D eigenvalue weighted by atomic mass is 16.3. The molecule has 0 fully saturated rings. The number of hydrogen-bond acceptors (Lipinski definition) is 9. The van der Waals surface area contributed by atoms with Gasteiger partial charge in [-0.2, -0.15) is 0 Å². The predicted molar refractivity (Wildman–Crippen MR) is 380 cm³/mol. The number of furan rings is 1. The van der Waals surface area contributed by atoms with Crippen LogP contribution < -0.4 is 0 Å². The maximum atomic E-state index is 6.66. The molecule has 0 unspecified atom stereocenters. The van der Waals surface area contributed by atoms with Gasteiger partial charge in [-0.25, -0.2) is 39.9 Å². The third-order valence-electron chi connectivity index (χ3n) is 19.2. The number of benzene rings is 13. The minimum atomic E-state index is 0.535. The van der Waals surface area contributed by atoms with Gasteiger partial charge >= 0.3 is 0 Å². The molecular formula is C82H45N11O. The van der Waals surface area contributed by atoms with Crippen molar-refractivity contribution in [3.8, 4) is 51.5 Å². The summed E-state index contributed by atoms with van der Waals surface area (Å²) >= 11 is 0. The molecular weight excluding hydrogens is 1150 g/mol. The molecule has 0 saturated carbocycles. The molecule has 0 N–H and O–H groups in total. The summed E-state index contributed by atoms with van der Waals surface area (Å²) in [5.41, 5.74) is 15.8.